The van der Waals surface area contributed by atoms with Crippen LogP contribution in [-0.2, 0) is 14.8 Å². The Morgan fingerprint density at radius 2 is 1.72 bits per heavy atom. The lowest BCUT2D eigenvalue weighted by atomic mass is 10.2. The maximum absolute atomic E-state index is 13.4. The van der Waals surface area contributed by atoms with Crippen LogP contribution in [0.5, 0.6) is 5.75 Å². The van der Waals surface area contributed by atoms with Gasteiger partial charge in [-0.25, -0.2) is 8.42 Å². The van der Waals surface area contributed by atoms with Gasteiger partial charge in [0.15, 0.2) is 0 Å². The third kappa shape index (κ3) is 5.93. The summed E-state index contributed by atoms with van der Waals surface area (Å²) in [5.41, 5.74) is 1.86. The number of hydrogen-bond donors (Lipinski definition) is 1. The van der Waals surface area contributed by atoms with Crippen LogP contribution in [0.1, 0.15) is 12.5 Å². The largest absolute Gasteiger partial charge is 0.494 e. The maximum atomic E-state index is 13.4. The van der Waals surface area contributed by atoms with Gasteiger partial charge >= 0.3 is 0 Å². The van der Waals surface area contributed by atoms with Crippen molar-refractivity contribution in [3.8, 4) is 5.75 Å². The fraction of sp³-hybridized carbons (Fsp3) is 0.174. The zero-order valence-electron chi connectivity index (χ0n) is 17.5. The van der Waals surface area contributed by atoms with E-state index in [2.05, 4.69) is 27.9 Å². The molecule has 0 saturated carbocycles. The van der Waals surface area contributed by atoms with Crippen LogP contribution in [0.4, 0.5) is 11.4 Å². The average Bonchev–Trinajstić information content (AvgIpc) is 2.75. The van der Waals surface area contributed by atoms with Crippen molar-refractivity contribution in [2.24, 2.45) is 0 Å². The SMILES string of the molecule is CCOc1ccc(N(CC(=O)Nc2ccc(I)cc2C)S(=O)(=O)c2ccc(Cl)cc2)cc1. The van der Waals surface area contributed by atoms with E-state index in [0.29, 0.717) is 28.8 Å². The smallest absolute Gasteiger partial charge is 0.264 e. The molecule has 0 spiro atoms. The molecule has 0 atom stereocenters. The van der Waals surface area contributed by atoms with Crippen LogP contribution in [-0.4, -0.2) is 27.5 Å². The molecule has 0 saturated heterocycles. The number of benzene rings is 3. The zero-order chi connectivity index (χ0) is 23.3. The summed E-state index contributed by atoms with van der Waals surface area (Å²) >= 11 is 8.11. The molecule has 0 radical (unpaired) electrons. The number of nitrogens with one attached hydrogen (secondary N) is 1. The lowest BCUT2D eigenvalue weighted by molar-refractivity contribution is -0.114. The van der Waals surface area contributed by atoms with Gasteiger partial charge in [-0.15, -0.1) is 0 Å². The Morgan fingerprint density at radius 3 is 2.31 bits per heavy atom. The number of sulfonamides is 1. The zero-order valence-corrected chi connectivity index (χ0v) is 21.2. The van der Waals surface area contributed by atoms with Gasteiger partial charge in [0.25, 0.3) is 10.0 Å². The van der Waals surface area contributed by atoms with Gasteiger partial charge in [0, 0.05) is 14.3 Å². The Bertz CT molecular complexity index is 1200. The van der Waals surface area contributed by atoms with Crippen LogP contribution in [0.15, 0.2) is 71.6 Å². The number of halogens is 2. The topological polar surface area (TPSA) is 75.7 Å². The van der Waals surface area contributed by atoms with Gasteiger partial charge in [0.2, 0.25) is 5.91 Å². The highest BCUT2D eigenvalue weighted by Gasteiger charge is 2.27. The minimum Gasteiger partial charge on any atom is -0.494 e. The van der Waals surface area contributed by atoms with Crippen LogP contribution in [0.2, 0.25) is 5.02 Å². The molecular weight excluding hydrogens is 563 g/mol. The lowest BCUT2D eigenvalue weighted by Gasteiger charge is -2.24. The quantitative estimate of drug-likeness (QED) is 0.356. The summed E-state index contributed by atoms with van der Waals surface area (Å²) in [5, 5.41) is 3.23. The fourth-order valence-corrected chi connectivity index (χ4v) is 5.21. The van der Waals surface area contributed by atoms with Crippen LogP contribution in [0.3, 0.4) is 0 Å². The van der Waals surface area contributed by atoms with E-state index in [1.54, 1.807) is 30.3 Å². The molecule has 0 aliphatic carbocycles. The summed E-state index contributed by atoms with van der Waals surface area (Å²) in [7, 11) is -4.03. The van der Waals surface area contributed by atoms with Crippen molar-refractivity contribution >= 4 is 61.5 Å². The second kappa shape index (κ2) is 10.5. The number of aryl methyl sites for hydroxylation is 1. The molecule has 0 unspecified atom stereocenters. The van der Waals surface area contributed by atoms with E-state index >= 15 is 0 Å². The Labute approximate surface area is 206 Å². The van der Waals surface area contributed by atoms with E-state index in [4.69, 9.17) is 16.3 Å². The number of rotatable bonds is 8. The Balaban J connectivity index is 1.94. The van der Waals surface area contributed by atoms with Crippen molar-refractivity contribution in [2.45, 2.75) is 18.7 Å². The third-order valence-corrected chi connectivity index (χ3v) is 7.30. The second-order valence-corrected chi connectivity index (χ2v) is 10.4. The van der Waals surface area contributed by atoms with Gasteiger partial charge in [-0.3, -0.25) is 9.10 Å². The summed E-state index contributed by atoms with van der Waals surface area (Å²) in [6.45, 7) is 3.84. The van der Waals surface area contributed by atoms with Gasteiger partial charge in [-0.1, -0.05) is 11.6 Å². The van der Waals surface area contributed by atoms with E-state index in [1.165, 1.54) is 24.3 Å². The number of amides is 1. The van der Waals surface area contributed by atoms with Crippen molar-refractivity contribution in [3.05, 3.63) is 80.9 Å². The highest BCUT2D eigenvalue weighted by atomic mass is 127. The molecule has 1 N–H and O–H groups in total. The van der Waals surface area contributed by atoms with E-state index in [1.807, 2.05) is 26.0 Å². The molecular formula is C23H22ClIN2O4S. The maximum Gasteiger partial charge on any atom is 0.264 e. The third-order valence-electron chi connectivity index (χ3n) is 4.59. The minimum atomic E-state index is -4.03. The van der Waals surface area contributed by atoms with Crippen LogP contribution < -0.4 is 14.4 Å². The van der Waals surface area contributed by atoms with Gasteiger partial charge in [0.1, 0.15) is 12.3 Å². The number of nitrogens with zero attached hydrogens (tertiary/aromatic N) is 1. The molecule has 6 nitrogen and oxygen atoms in total. The van der Waals surface area contributed by atoms with Crippen LogP contribution >= 0.6 is 34.2 Å². The van der Waals surface area contributed by atoms with Gasteiger partial charge in [0.05, 0.1) is 17.2 Å². The molecule has 0 aromatic heterocycles. The first kappa shape index (κ1) is 24.3. The minimum absolute atomic E-state index is 0.0361. The molecule has 0 aliphatic heterocycles. The van der Waals surface area contributed by atoms with Gasteiger partial charge < -0.3 is 10.1 Å². The lowest BCUT2D eigenvalue weighted by Crippen LogP contribution is -2.38. The highest BCUT2D eigenvalue weighted by molar-refractivity contribution is 14.1. The number of carbonyl (C=O) groups is 1. The van der Waals surface area contributed by atoms with Gasteiger partial charge in [-0.05, 0) is 109 Å². The van der Waals surface area contributed by atoms with Crippen LogP contribution in [0, 0.1) is 10.5 Å². The molecule has 0 heterocycles. The molecule has 3 aromatic carbocycles. The molecule has 3 aromatic rings. The summed E-state index contributed by atoms with van der Waals surface area (Å²) < 4.78 is 34.4. The second-order valence-electron chi connectivity index (χ2n) is 6.90. The molecule has 0 aliphatic rings. The molecule has 168 valence electrons. The van der Waals surface area contributed by atoms with Crippen molar-refractivity contribution in [1.82, 2.24) is 0 Å². The predicted molar refractivity (Wildman–Crippen MR) is 136 cm³/mol. The summed E-state index contributed by atoms with van der Waals surface area (Å²) in [5.74, 6) is 0.153. The summed E-state index contributed by atoms with van der Waals surface area (Å²) in [4.78, 5) is 12.9. The molecule has 9 heteroatoms. The molecule has 0 bridgehead atoms. The van der Waals surface area contributed by atoms with Crippen molar-refractivity contribution in [1.29, 1.82) is 0 Å². The number of ether oxygens (including phenoxy) is 1. The molecule has 32 heavy (non-hydrogen) atoms. The first-order chi connectivity index (χ1) is 15.2. The van der Waals surface area contributed by atoms with Crippen LogP contribution in [0.25, 0.3) is 0 Å². The van der Waals surface area contributed by atoms with E-state index < -0.39 is 22.5 Å². The first-order valence-electron chi connectivity index (χ1n) is 9.78. The van der Waals surface area contributed by atoms with Gasteiger partial charge in [-0.2, -0.15) is 0 Å². The summed E-state index contributed by atoms with van der Waals surface area (Å²) in [6, 6.07) is 18.0. The molecule has 3 rings (SSSR count). The summed E-state index contributed by atoms with van der Waals surface area (Å²) in [6.07, 6.45) is 0. The van der Waals surface area contributed by atoms with Crippen molar-refractivity contribution < 1.29 is 17.9 Å². The molecule has 0 fully saturated rings. The van der Waals surface area contributed by atoms with E-state index in [-0.39, 0.29) is 4.90 Å². The Hall–Kier alpha value is -2.30. The standard InChI is InChI=1S/C23H22ClIN2O4S/c1-3-31-20-9-7-19(8-10-20)27(32(29,30)21-11-4-17(24)5-12-21)15-23(28)26-22-13-6-18(25)14-16(22)2/h4-14H,3,15H2,1-2H3,(H,26,28). The Morgan fingerprint density at radius 1 is 1.06 bits per heavy atom. The van der Waals surface area contributed by atoms with E-state index in [0.717, 1.165) is 13.4 Å². The van der Waals surface area contributed by atoms with Crippen molar-refractivity contribution in [2.75, 3.05) is 22.8 Å². The van der Waals surface area contributed by atoms with Crippen molar-refractivity contribution in [3.63, 3.8) is 0 Å². The normalized spacial score (nSPS) is 11.1. The average molecular weight is 585 g/mol. The molecule has 1 amide bonds. The predicted octanol–water partition coefficient (Wildman–Crippen LogP) is 5.49. The highest BCUT2D eigenvalue weighted by Crippen LogP contribution is 2.27. The number of hydrogen-bond acceptors (Lipinski definition) is 4. The fourth-order valence-electron chi connectivity index (χ4n) is 3.01. The van der Waals surface area contributed by atoms with E-state index in [9.17, 15) is 13.2 Å². The number of anilines is 2. The monoisotopic (exact) mass is 584 g/mol. The first-order valence-corrected chi connectivity index (χ1v) is 12.7. The number of carbonyl (C=O) groups excluding carboxylic acids is 1. The Kier molecular flexibility index (Phi) is 8.02.